The third-order valence-corrected chi connectivity index (χ3v) is 5.29. The Morgan fingerprint density at radius 1 is 1.29 bits per heavy atom. The number of hydrogen-bond donors (Lipinski definition) is 2. The van der Waals surface area contributed by atoms with Gasteiger partial charge in [-0.05, 0) is 43.9 Å². The van der Waals surface area contributed by atoms with Crippen molar-refractivity contribution in [1.29, 1.82) is 0 Å². The smallest absolute Gasteiger partial charge is 0.283 e. The van der Waals surface area contributed by atoms with Crippen LogP contribution in [0.1, 0.15) is 33.0 Å². The maximum atomic E-state index is 12.1. The summed E-state index contributed by atoms with van der Waals surface area (Å²) in [7, 11) is 0. The molecule has 0 saturated heterocycles. The van der Waals surface area contributed by atoms with E-state index < -0.39 is 4.92 Å². The van der Waals surface area contributed by atoms with Crippen molar-refractivity contribution in [2.45, 2.75) is 32.2 Å². The lowest BCUT2D eigenvalue weighted by molar-refractivity contribution is -0.385. The Balaban J connectivity index is 1.41. The second-order valence-electron chi connectivity index (χ2n) is 6.59. The number of carbonyl (C=O) groups excluding carboxylic acids is 2. The van der Waals surface area contributed by atoms with Gasteiger partial charge in [0.2, 0.25) is 0 Å². The molecule has 28 heavy (non-hydrogen) atoms. The SMILES string of the molecule is Cc1sc(C(=O)NCCc2ccc(OCC(=O)NC3CC3)cc2)cc1[N+](=O)[O-]. The van der Waals surface area contributed by atoms with Gasteiger partial charge < -0.3 is 15.4 Å². The number of ether oxygens (including phenoxy) is 1. The zero-order chi connectivity index (χ0) is 20.1. The van der Waals surface area contributed by atoms with E-state index in [0.717, 1.165) is 29.7 Å². The molecule has 0 radical (unpaired) electrons. The summed E-state index contributed by atoms with van der Waals surface area (Å²) in [5, 5.41) is 16.5. The van der Waals surface area contributed by atoms with Gasteiger partial charge >= 0.3 is 0 Å². The Morgan fingerprint density at radius 2 is 2.00 bits per heavy atom. The van der Waals surface area contributed by atoms with Crippen LogP contribution in [0.15, 0.2) is 30.3 Å². The summed E-state index contributed by atoms with van der Waals surface area (Å²) in [5.74, 6) is 0.182. The van der Waals surface area contributed by atoms with E-state index >= 15 is 0 Å². The van der Waals surface area contributed by atoms with Gasteiger partial charge in [0.15, 0.2) is 6.61 Å². The van der Waals surface area contributed by atoms with Crippen LogP contribution in [0.4, 0.5) is 5.69 Å². The second-order valence-corrected chi connectivity index (χ2v) is 7.85. The van der Waals surface area contributed by atoms with Gasteiger partial charge in [-0.25, -0.2) is 0 Å². The van der Waals surface area contributed by atoms with Crippen LogP contribution >= 0.6 is 11.3 Å². The second kappa shape index (κ2) is 8.83. The van der Waals surface area contributed by atoms with Crippen LogP contribution in [0.25, 0.3) is 0 Å². The first kappa shape index (κ1) is 19.8. The lowest BCUT2D eigenvalue weighted by Gasteiger charge is -2.08. The molecule has 1 aromatic carbocycles. The van der Waals surface area contributed by atoms with Gasteiger partial charge in [0.05, 0.1) is 14.7 Å². The van der Waals surface area contributed by atoms with Crippen LogP contribution in [0, 0.1) is 17.0 Å². The van der Waals surface area contributed by atoms with Crippen molar-refractivity contribution in [3.63, 3.8) is 0 Å². The van der Waals surface area contributed by atoms with Gasteiger partial charge in [0.25, 0.3) is 17.5 Å². The summed E-state index contributed by atoms with van der Waals surface area (Å²) < 4.78 is 5.45. The van der Waals surface area contributed by atoms with Crippen LogP contribution in [-0.4, -0.2) is 35.9 Å². The van der Waals surface area contributed by atoms with Gasteiger partial charge in [-0.3, -0.25) is 19.7 Å². The van der Waals surface area contributed by atoms with Gasteiger partial charge in [0, 0.05) is 18.7 Å². The lowest BCUT2D eigenvalue weighted by atomic mass is 10.1. The molecule has 1 aliphatic carbocycles. The van der Waals surface area contributed by atoms with Crippen LogP contribution in [-0.2, 0) is 11.2 Å². The van der Waals surface area contributed by atoms with Crippen molar-refractivity contribution in [3.05, 3.63) is 55.8 Å². The molecule has 8 nitrogen and oxygen atoms in total. The summed E-state index contributed by atoms with van der Waals surface area (Å²) in [6.45, 7) is 2.03. The highest BCUT2D eigenvalue weighted by molar-refractivity contribution is 7.14. The number of nitrogens with one attached hydrogen (secondary N) is 2. The van der Waals surface area contributed by atoms with E-state index in [1.807, 2.05) is 12.1 Å². The Bertz CT molecular complexity index is 874. The number of hydrogen-bond acceptors (Lipinski definition) is 6. The van der Waals surface area contributed by atoms with Crippen molar-refractivity contribution in [3.8, 4) is 5.75 Å². The molecule has 9 heteroatoms. The monoisotopic (exact) mass is 403 g/mol. The fourth-order valence-electron chi connectivity index (χ4n) is 2.57. The summed E-state index contributed by atoms with van der Waals surface area (Å²) in [6, 6.07) is 8.95. The van der Waals surface area contributed by atoms with E-state index in [1.165, 1.54) is 6.07 Å². The Labute approximate surface area is 166 Å². The first-order valence-corrected chi connectivity index (χ1v) is 9.78. The molecule has 1 aliphatic rings. The van der Waals surface area contributed by atoms with Crippen molar-refractivity contribution >= 4 is 28.8 Å². The summed E-state index contributed by atoms with van der Waals surface area (Å²) in [6.07, 6.45) is 2.69. The highest BCUT2D eigenvalue weighted by Crippen LogP contribution is 2.27. The van der Waals surface area contributed by atoms with Crippen molar-refractivity contribution in [2.75, 3.05) is 13.2 Å². The third-order valence-electron chi connectivity index (χ3n) is 4.25. The van der Waals surface area contributed by atoms with Crippen molar-refractivity contribution in [2.24, 2.45) is 0 Å². The maximum Gasteiger partial charge on any atom is 0.283 e. The minimum atomic E-state index is -0.484. The maximum absolute atomic E-state index is 12.1. The summed E-state index contributed by atoms with van der Waals surface area (Å²) >= 11 is 1.11. The average Bonchev–Trinajstić information content (AvgIpc) is 3.38. The van der Waals surface area contributed by atoms with Gasteiger partial charge in [-0.1, -0.05) is 12.1 Å². The fourth-order valence-corrected chi connectivity index (χ4v) is 3.47. The highest BCUT2D eigenvalue weighted by atomic mass is 32.1. The summed E-state index contributed by atoms with van der Waals surface area (Å²) in [5.41, 5.74) is 0.972. The third kappa shape index (κ3) is 5.53. The molecule has 3 rings (SSSR count). The van der Waals surface area contributed by atoms with Crippen LogP contribution in [0.5, 0.6) is 5.75 Å². The number of amides is 2. The molecule has 2 amide bonds. The largest absolute Gasteiger partial charge is 0.484 e. The minimum absolute atomic E-state index is 0.00172. The van der Waals surface area contributed by atoms with Gasteiger partial charge in [0.1, 0.15) is 5.75 Å². The lowest BCUT2D eigenvalue weighted by Crippen LogP contribution is -2.30. The van der Waals surface area contributed by atoms with Crippen molar-refractivity contribution < 1.29 is 19.2 Å². The normalized spacial score (nSPS) is 13.0. The molecule has 1 aromatic heterocycles. The molecular weight excluding hydrogens is 382 g/mol. The Hall–Kier alpha value is -2.94. The van der Waals surface area contributed by atoms with E-state index in [2.05, 4.69) is 10.6 Å². The van der Waals surface area contributed by atoms with Gasteiger partial charge in [-0.15, -0.1) is 11.3 Å². The molecule has 0 atom stereocenters. The number of nitrogens with zero attached hydrogens (tertiary/aromatic N) is 1. The first-order chi connectivity index (χ1) is 13.4. The van der Waals surface area contributed by atoms with E-state index in [0.29, 0.717) is 34.5 Å². The van der Waals surface area contributed by atoms with Crippen LogP contribution in [0.3, 0.4) is 0 Å². The number of thiophene rings is 1. The molecule has 148 valence electrons. The van der Waals surface area contributed by atoms with Crippen LogP contribution < -0.4 is 15.4 Å². The number of carbonyl (C=O) groups is 2. The summed E-state index contributed by atoms with van der Waals surface area (Å²) in [4.78, 5) is 35.0. The topological polar surface area (TPSA) is 111 Å². The Morgan fingerprint density at radius 3 is 2.61 bits per heavy atom. The standard InChI is InChI=1S/C19H21N3O5S/c1-12-16(22(25)26)10-17(28-12)19(24)20-9-8-13-2-6-15(7-3-13)27-11-18(23)21-14-4-5-14/h2-3,6-7,10,14H,4-5,8-9,11H2,1H3,(H,20,24)(H,21,23). The number of nitro groups is 1. The quantitative estimate of drug-likeness (QED) is 0.494. The molecule has 0 bridgehead atoms. The van der Waals surface area contributed by atoms with E-state index in [1.54, 1.807) is 19.1 Å². The van der Waals surface area contributed by atoms with E-state index in [9.17, 15) is 19.7 Å². The predicted molar refractivity (Wildman–Crippen MR) is 105 cm³/mol. The molecule has 0 spiro atoms. The number of benzene rings is 1. The molecular formula is C19H21N3O5S. The zero-order valence-electron chi connectivity index (χ0n) is 15.4. The predicted octanol–water partition coefficient (Wildman–Crippen LogP) is 2.59. The number of aryl methyl sites for hydroxylation is 1. The molecule has 2 N–H and O–H groups in total. The van der Waals surface area contributed by atoms with Gasteiger partial charge in [-0.2, -0.15) is 0 Å². The molecule has 2 aromatic rings. The van der Waals surface area contributed by atoms with Crippen molar-refractivity contribution in [1.82, 2.24) is 10.6 Å². The minimum Gasteiger partial charge on any atom is -0.484 e. The highest BCUT2D eigenvalue weighted by Gasteiger charge is 2.23. The molecule has 1 heterocycles. The average molecular weight is 403 g/mol. The molecule has 0 aliphatic heterocycles. The number of rotatable bonds is 9. The molecule has 1 fully saturated rings. The van der Waals surface area contributed by atoms with Crippen LogP contribution in [0.2, 0.25) is 0 Å². The Kier molecular flexibility index (Phi) is 6.25. The first-order valence-electron chi connectivity index (χ1n) is 8.96. The fraction of sp³-hybridized carbons (Fsp3) is 0.368. The molecule has 0 unspecified atom stereocenters. The van der Waals surface area contributed by atoms with E-state index in [-0.39, 0.29) is 24.1 Å². The zero-order valence-corrected chi connectivity index (χ0v) is 16.2. The van der Waals surface area contributed by atoms with E-state index in [4.69, 9.17) is 4.74 Å². The molecule has 1 saturated carbocycles.